The fraction of sp³-hybridized carbons (Fsp3) is 0.133. The average Bonchev–Trinajstić information content (AvgIpc) is 2.38. The Labute approximate surface area is 127 Å². The molecule has 104 valence electrons. The number of nitrogens with one attached hydrogen (secondary N) is 1. The van der Waals surface area contributed by atoms with Gasteiger partial charge in [0, 0.05) is 11.4 Å². The number of aryl methyl sites for hydroxylation is 1. The SMILES string of the molecule is Cc1cc(NC(=O)Cc2ccc(Cl)c(Cl)c2)ccc1N. The number of nitrogen functional groups attached to an aromatic ring is 1. The van der Waals surface area contributed by atoms with Gasteiger partial charge in [-0.3, -0.25) is 4.79 Å². The first-order chi connectivity index (χ1) is 9.45. The molecule has 0 aliphatic carbocycles. The van der Waals surface area contributed by atoms with Gasteiger partial charge in [-0.15, -0.1) is 0 Å². The van der Waals surface area contributed by atoms with Crippen molar-refractivity contribution in [2.45, 2.75) is 13.3 Å². The van der Waals surface area contributed by atoms with Crippen LogP contribution < -0.4 is 11.1 Å². The van der Waals surface area contributed by atoms with E-state index in [2.05, 4.69) is 5.32 Å². The van der Waals surface area contributed by atoms with E-state index in [0.717, 1.165) is 16.8 Å². The van der Waals surface area contributed by atoms with Crippen molar-refractivity contribution in [3.05, 3.63) is 57.6 Å². The molecule has 0 spiro atoms. The molecule has 0 heterocycles. The molecular weight excluding hydrogens is 295 g/mol. The maximum absolute atomic E-state index is 12.0. The standard InChI is InChI=1S/C15H14Cl2N2O/c1-9-6-11(3-5-14(9)18)19-15(20)8-10-2-4-12(16)13(17)7-10/h2-7H,8,18H2,1H3,(H,19,20). The Hall–Kier alpha value is -1.71. The number of hydrogen-bond donors (Lipinski definition) is 2. The number of hydrogen-bond acceptors (Lipinski definition) is 2. The molecule has 2 aromatic carbocycles. The van der Waals surface area contributed by atoms with Crippen LogP contribution in [-0.4, -0.2) is 5.91 Å². The van der Waals surface area contributed by atoms with Crippen LogP contribution in [0.25, 0.3) is 0 Å². The monoisotopic (exact) mass is 308 g/mol. The van der Waals surface area contributed by atoms with Crippen molar-refractivity contribution in [2.24, 2.45) is 0 Å². The van der Waals surface area contributed by atoms with Crippen LogP contribution in [0.15, 0.2) is 36.4 Å². The molecule has 0 aliphatic heterocycles. The highest BCUT2D eigenvalue weighted by Gasteiger charge is 2.07. The lowest BCUT2D eigenvalue weighted by Crippen LogP contribution is -2.14. The molecular formula is C15H14Cl2N2O. The number of rotatable bonds is 3. The molecule has 0 aliphatic rings. The van der Waals surface area contributed by atoms with Crippen LogP contribution in [0.2, 0.25) is 10.0 Å². The van der Waals surface area contributed by atoms with Crippen molar-refractivity contribution < 1.29 is 4.79 Å². The molecule has 1 amide bonds. The smallest absolute Gasteiger partial charge is 0.228 e. The van der Waals surface area contributed by atoms with Gasteiger partial charge in [-0.05, 0) is 48.4 Å². The van der Waals surface area contributed by atoms with E-state index in [1.54, 1.807) is 30.3 Å². The highest BCUT2D eigenvalue weighted by Crippen LogP contribution is 2.23. The lowest BCUT2D eigenvalue weighted by atomic mass is 10.1. The van der Waals surface area contributed by atoms with E-state index in [4.69, 9.17) is 28.9 Å². The number of anilines is 2. The van der Waals surface area contributed by atoms with E-state index >= 15 is 0 Å². The highest BCUT2D eigenvalue weighted by atomic mass is 35.5. The Kier molecular flexibility index (Phi) is 4.53. The number of amides is 1. The minimum absolute atomic E-state index is 0.118. The summed E-state index contributed by atoms with van der Waals surface area (Å²) < 4.78 is 0. The topological polar surface area (TPSA) is 55.1 Å². The Bertz CT molecular complexity index is 601. The van der Waals surface area contributed by atoms with E-state index in [0.29, 0.717) is 15.7 Å². The van der Waals surface area contributed by atoms with Crippen LogP contribution in [0.4, 0.5) is 11.4 Å². The summed E-state index contributed by atoms with van der Waals surface area (Å²) in [4.78, 5) is 12.0. The van der Waals surface area contributed by atoms with Gasteiger partial charge in [-0.1, -0.05) is 29.3 Å². The molecule has 0 saturated heterocycles. The third-order valence-electron chi connectivity index (χ3n) is 2.90. The largest absolute Gasteiger partial charge is 0.399 e. The van der Waals surface area contributed by atoms with E-state index in [1.165, 1.54) is 0 Å². The average molecular weight is 309 g/mol. The molecule has 0 fully saturated rings. The quantitative estimate of drug-likeness (QED) is 0.840. The summed E-state index contributed by atoms with van der Waals surface area (Å²) in [6.07, 6.45) is 0.236. The van der Waals surface area contributed by atoms with Crippen LogP contribution in [0, 0.1) is 6.92 Å². The van der Waals surface area contributed by atoms with Gasteiger partial charge >= 0.3 is 0 Å². The number of carbonyl (C=O) groups is 1. The summed E-state index contributed by atoms with van der Waals surface area (Å²) in [6, 6.07) is 10.5. The van der Waals surface area contributed by atoms with E-state index < -0.39 is 0 Å². The van der Waals surface area contributed by atoms with Crippen LogP contribution in [0.1, 0.15) is 11.1 Å². The molecule has 2 aromatic rings. The molecule has 3 nitrogen and oxygen atoms in total. The third-order valence-corrected chi connectivity index (χ3v) is 3.64. The zero-order valence-electron chi connectivity index (χ0n) is 10.9. The fourth-order valence-corrected chi connectivity index (χ4v) is 2.11. The van der Waals surface area contributed by atoms with E-state index in [9.17, 15) is 4.79 Å². The van der Waals surface area contributed by atoms with Gasteiger partial charge < -0.3 is 11.1 Å². The predicted molar refractivity (Wildman–Crippen MR) is 84.4 cm³/mol. The Morgan fingerprint density at radius 1 is 1.15 bits per heavy atom. The maximum atomic E-state index is 12.0. The summed E-state index contributed by atoms with van der Waals surface area (Å²) in [5.74, 6) is -0.118. The molecule has 0 saturated carbocycles. The zero-order valence-corrected chi connectivity index (χ0v) is 12.4. The molecule has 5 heteroatoms. The molecule has 0 radical (unpaired) electrons. The van der Waals surface area contributed by atoms with E-state index in [-0.39, 0.29) is 12.3 Å². The van der Waals surface area contributed by atoms with Crippen molar-refractivity contribution in [2.75, 3.05) is 11.1 Å². The van der Waals surface area contributed by atoms with E-state index in [1.807, 2.05) is 13.0 Å². The molecule has 0 bridgehead atoms. The van der Waals surface area contributed by atoms with Crippen molar-refractivity contribution in [1.82, 2.24) is 0 Å². The van der Waals surface area contributed by atoms with Gasteiger partial charge in [-0.25, -0.2) is 0 Å². The Morgan fingerprint density at radius 2 is 1.90 bits per heavy atom. The molecule has 0 unspecified atom stereocenters. The second-order valence-electron chi connectivity index (χ2n) is 4.54. The van der Waals surface area contributed by atoms with Gasteiger partial charge in [0.1, 0.15) is 0 Å². The van der Waals surface area contributed by atoms with Crippen molar-refractivity contribution >= 4 is 40.5 Å². The summed E-state index contributed by atoms with van der Waals surface area (Å²) >= 11 is 11.8. The van der Waals surface area contributed by atoms with Gasteiger partial charge in [0.15, 0.2) is 0 Å². The predicted octanol–water partition coefficient (Wildman–Crippen LogP) is 4.07. The number of carbonyl (C=O) groups excluding carboxylic acids is 1. The summed E-state index contributed by atoms with van der Waals surface area (Å²) in [5, 5.41) is 3.74. The van der Waals surface area contributed by atoms with Gasteiger partial charge in [-0.2, -0.15) is 0 Å². The molecule has 0 atom stereocenters. The zero-order chi connectivity index (χ0) is 14.7. The lowest BCUT2D eigenvalue weighted by molar-refractivity contribution is -0.115. The lowest BCUT2D eigenvalue weighted by Gasteiger charge is -2.08. The van der Waals surface area contributed by atoms with Crippen LogP contribution >= 0.6 is 23.2 Å². The Balaban J connectivity index is 2.04. The fourth-order valence-electron chi connectivity index (χ4n) is 1.79. The molecule has 20 heavy (non-hydrogen) atoms. The second-order valence-corrected chi connectivity index (χ2v) is 5.36. The number of nitrogens with two attached hydrogens (primary N) is 1. The molecule has 3 N–H and O–H groups in total. The normalized spacial score (nSPS) is 10.3. The van der Waals surface area contributed by atoms with Crippen LogP contribution in [-0.2, 0) is 11.2 Å². The van der Waals surface area contributed by atoms with Crippen LogP contribution in [0.3, 0.4) is 0 Å². The molecule has 2 rings (SSSR count). The van der Waals surface area contributed by atoms with Crippen molar-refractivity contribution in [3.8, 4) is 0 Å². The first-order valence-corrected chi connectivity index (χ1v) is 6.81. The third kappa shape index (κ3) is 3.65. The number of benzene rings is 2. The maximum Gasteiger partial charge on any atom is 0.228 e. The first-order valence-electron chi connectivity index (χ1n) is 6.05. The van der Waals surface area contributed by atoms with Crippen molar-refractivity contribution in [3.63, 3.8) is 0 Å². The van der Waals surface area contributed by atoms with Crippen molar-refractivity contribution in [1.29, 1.82) is 0 Å². The highest BCUT2D eigenvalue weighted by molar-refractivity contribution is 6.42. The minimum Gasteiger partial charge on any atom is -0.399 e. The molecule has 0 aromatic heterocycles. The summed E-state index contributed by atoms with van der Waals surface area (Å²) in [5.41, 5.74) is 8.90. The summed E-state index contributed by atoms with van der Waals surface area (Å²) in [7, 11) is 0. The van der Waals surface area contributed by atoms with Gasteiger partial charge in [0.05, 0.1) is 16.5 Å². The van der Waals surface area contributed by atoms with Crippen LogP contribution in [0.5, 0.6) is 0 Å². The first kappa shape index (κ1) is 14.7. The summed E-state index contributed by atoms with van der Waals surface area (Å²) in [6.45, 7) is 1.89. The van der Waals surface area contributed by atoms with Gasteiger partial charge in [0.2, 0.25) is 5.91 Å². The van der Waals surface area contributed by atoms with Gasteiger partial charge in [0.25, 0.3) is 0 Å². The number of halogens is 2. The second kappa shape index (κ2) is 6.16. The minimum atomic E-state index is -0.118. The Morgan fingerprint density at radius 3 is 2.55 bits per heavy atom.